The highest BCUT2D eigenvalue weighted by Gasteiger charge is 2.18. The Morgan fingerprint density at radius 3 is 2.65 bits per heavy atom. The second-order valence-corrected chi connectivity index (χ2v) is 4.49. The van der Waals surface area contributed by atoms with Gasteiger partial charge in [0.25, 0.3) is 0 Å². The van der Waals surface area contributed by atoms with Gasteiger partial charge in [0.1, 0.15) is 5.78 Å². The van der Waals surface area contributed by atoms with Crippen molar-refractivity contribution in [3.05, 3.63) is 30.1 Å². The molecule has 0 radical (unpaired) electrons. The summed E-state index contributed by atoms with van der Waals surface area (Å²) < 4.78 is 0. The number of rotatable bonds is 8. The quantitative estimate of drug-likeness (QED) is 0.632. The van der Waals surface area contributed by atoms with Gasteiger partial charge in [0.05, 0.1) is 11.6 Å². The van der Waals surface area contributed by atoms with E-state index in [2.05, 4.69) is 18.8 Å². The molecule has 0 aliphatic carbocycles. The van der Waals surface area contributed by atoms with Gasteiger partial charge in [-0.2, -0.15) is 0 Å². The van der Waals surface area contributed by atoms with Gasteiger partial charge in [0.2, 0.25) is 0 Å². The Morgan fingerprint density at radius 1 is 1.24 bits per heavy atom. The fourth-order valence-corrected chi connectivity index (χ4v) is 2.08. The molecule has 0 aliphatic rings. The van der Waals surface area contributed by atoms with E-state index in [4.69, 9.17) is 0 Å². The first-order valence-corrected chi connectivity index (χ1v) is 6.73. The smallest absolute Gasteiger partial charge is 0.141 e. The molecule has 2 nitrogen and oxygen atoms in total. The summed E-state index contributed by atoms with van der Waals surface area (Å²) in [5.41, 5.74) is 0.926. The summed E-state index contributed by atoms with van der Waals surface area (Å²) in [6, 6.07) is 5.80. The van der Waals surface area contributed by atoms with E-state index in [1.807, 2.05) is 18.2 Å². The Labute approximate surface area is 104 Å². The highest BCUT2D eigenvalue weighted by Crippen LogP contribution is 2.21. The number of carbonyl (C=O) groups is 1. The van der Waals surface area contributed by atoms with Crippen molar-refractivity contribution in [2.45, 2.75) is 58.3 Å². The maximum Gasteiger partial charge on any atom is 0.141 e. The molecule has 1 atom stereocenters. The van der Waals surface area contributed by atoms with Crippen LogP contribution in [0.1, 0.15) is 64.0 Å². The summed E-state index contributed by atoms with van der Waals surface area (Å²) in [5, 5.41) is 0. The number of aromatic nitrogens is 1. The van der Waals surface area contributed by atoms with Crippen LogP contribution in [-0.2, 0) is 4.79 Å². The fourth-order valence-electron chi connectivity index (χ4n) is 2.08. The highest BCUT2D eigenvalue weighted by atomic mass is 16.1. The van der Waals surface area contributed by atoms with E-state index in [9.17, 15) is 4.79 Å². The fraction of sp³-hybridized carbons (Fsp3) is 0.600. The van der Waals surface area contributed by atoms with E-state index < -0.39 is 0 Å². The van der Waals surface area contributed by atoms with Gasteiger partial charge in [0, 0.05) is 12.6 Å². The van der Waals surface area contributed by atoms with Crippen molar-refractivity contribution < 1.29 is 4.79 Å². The molecule has 1 aromatic rings. The molecule has 0 aliphatic heterocycles. The number of ketones is 1. The van der Waals surface area contributed by atoms with E-state index in [-0.39, 0.29) is 5.92 Å². The predicted molar refractivity (Wildman–Crippen MR) is 71.0 cm³/mol. The normalized spacial score (nSPS) is 12.4. The lowest BCUT2D eigenvalue weighted by molar-refractivity contribution is -0.120. The first-order valence-electron chi connectivity index (χ1n) is 6.73. The molecule has 0 N–H and O–H groups in total. The summed E-state index contributed by atoms with van der Waals surface area (Å²) in [6.07, 6.45) is 7.96. The van der Waals surface area contributed by atoms with Crippen LogP contribution in [0.4, 0.5) is 0 Å². The van der Waals surface area contributed by atoms with Gasteiger partial charge in [-0.15, -0.1) is 0 Å². The SMILES string of the molecule is CCCCCCC(=O)C(CC)c1ccccn1. The monoisotopic (exact) mass is 233 g/mol. The molecular formula is C15H23NO. The van der Waals surface area contributed by atoms with Gasteiger partial charge in [-0.05, 0) is 25.0 Å². The third-order valence-electron chi connectivity index (χ3n) is 3.12. The average molecular weight is 233 g/mol. The molecule has 1 unspecified atom stereocenters. The highest BCUT2D eigenvalue weighted by molar-refractivity contribution is 5.85. The molecule has 17 heavy (non-hydrogen) atoms. The van der Waals surface area contributed by atoms with Gasteiger partial charge in [-0.3, -0.25) is 9.78 Å². The molecule has 0 aromatic carbocycles. The third kappa shape index (κ3) is 4.68. The molecule has 1 rings (SSSR count). The maximum absolute atomic E-state index is 12.1. The lowest BCUT2D eigenvalue weighted by Gasteiger charge is -2.12. The van der Waals surface area contributed by atoms with Crippen molar-refractivity contribution in [2.75, 3.05) is 0 Å². The number of pyridine rings is 1. The Balaban J connectivity index is 2.48. The van der Waals surface area contributed by atoms with Crippen LogP contribution in [0.2, 0.25) is 0 Å². The molecule has 0 bridgehead atoms. The minimum absolute atomic E-state index is 0.00201. The van der Waals surface area contributed by atoms with E-state index in [1.165, 1.54) is 19.3 Å². The van der Waals surface area contributed by atoms with Crippen molar-refractivity contribution in [3.8, 4) is 0 Å². The van der Waals surface area contributed by atoms with E-state index in [1.54, 1.807) is 6.20 Å². The van der Waals surface area contributed by atoms with E-state index in [0.717, 1.165) is 18.5 Å². The summed E-state index contributed by atoms with van der Waals surface area (Å²) in [4.78, 5) is 16.4. The van der Waals surface area contributed by atoms with Gasteiger partial charge < -0.3 is 0 Å². The molecule has 94 valence electrons. The van der Waals surface area contributed by atoms with Gasteiger partial charge in [-0.1, -0.05) is 39.2 Å². The maximum atomic E-state index is 12.1. The number of carbonyl (C=O) groups excluding carboxylic acids is 1. The summed E-state index contributed by atoms with van der Waals surface area (Å²) in [6.45, 7) is 4.24. The van der Waals surface area contributed by atoms with Crippen molar-refractivity contribution >= 4 is 5.78 Å². The molecule has 1 heterocycles. The zero-order valence-corrected chi connectivity index (χ0v) is 11.0. The van der Waals surface area contributed by atoms with Crippen LogP contribution < -0.4 is 0 Å². The molecule has 0 fully saturated rings. The van der Waals surface area contributed by atoms with Crippen LogP contribution in [0.25, 0.3) is 0 Å². The first kappa shape index (κ1) is 13.9. The first-order chi connectivity index (χ1) is 8.29. The van der Waals surface area contributed by atoms with Crippen molar-refractivity contribution in [1.29, 1.82) is 0 Å². The zero-order valence-electron chi connectivity index (χ0n) is 11.0. The second-order valence-electron chi connectivity index (χ2n) is 4.49. The largest absolute Gasteiger partial charge is 0.299 e. The standard InChI is InChI=1S/C15H23NO/c1-3-5-6-7-11-15(17)13(4-2)14-10-8-9-12-16-14/h8-10,12-13H,3-7,11H2,1-2H3. The van der Waals surface area contributed by atoms with Gasteiger partial charge in [0.15, 0.2) is 0 Å². The van der Waals surface area contributed by atoms with E-state index >= 15 is 0 Å². The summed E-state index contributed by atoms with van der Waals surface area (Å²) >= 11 is 0. The molecule has 0 saturated carbocycles. The van der Waals surface area contributed by atoms with Crippen molar-refractivity contribution in [1.82, 2.24) is 4.98 Å². The lowest BCUT2D eigenvalue weighted by Crippen LogP contribution is -2.12. The van der Waals surface area contributed by atoms with Crippen LogP contribution >= 0.6 is 0 Å². The Bertz CT molecular complexity index is 321. The molecular weight excluding hydrogens is 210 g/mol. The topological polar surface area (TPSA) is 30.0 Å². The Morgan fingerprint density at radius 2 is 2.06 bits per heavy atom. The lowest BCUT2D eigenvalue weighted by atomic mass is 9.93. The van der Waals surface area contributed by atoms with Crippen LogP contribution in [0.15, 0.2) is 24.4 Å². The minimum atomic E-state index is -0.00201. The third-order valence-corrected chi connectivity index (χ3v) is 3.12. The van der Waals surface area contributed by atoms with Gasteiger partial charge >= 0.3 is 0 Å². The summed E-state index contributed by atoms with van der Waals surface area (Å²) in [7, 11) is 0. The molecule has 1 aromatic heterocycles. The predicted octanol–water partition coefficient (Wildman–Crippen LogP) is 4.11. The van der Waals surface area contributed by atoms with Crippen LogP contribution in [0.3, 0.4) is 0 Å². The van der Waals surface area contributed by atoms with E-state index in [0.29, 0.717) is 12.2 Å². The van der Waals surface area contributed by atoms with Crippen molar-refractivity contribution in [3.63, 3.8) is 0 Å². The molecule has 0 spiro atoms. The number of hydrogen-bond acceptors (Lipinski definition) is 2. The Kier molecular flexibility index (Phi) is 6.53. The number of hydrogen-bond donors (Lipinski definition) is 0. The number of unbranched alkanes of at least 4 members (excludes halogenated alkanes) is 3. The average Bonchev–Trinajstić information content (AvgIpc) is 2.37. The van der Waals surface area contributed by atoms with Crippen LogP contribution in [0, 0.1) is 0 Å². The van der Waals surface area contributed by atoms with Crippen LogP contribution in [-0.4, -0.2) is 10.8 Å². The van der Waals surface area contributed by atoms with Gasteiger partial charge in [-0.25, -0.2) is 0 Å². The minimum Gasteiger partial charge on any atom is -0.299 e. The second kappa shape index (κ2) is 7.99. The van der Waals surface area contributed by atoms with Crippen LogP contribution in [0.5, 0.6) is 0 Å². The Hall–Kier alpha value is -1.18. The molecule has 0 amide bonds. The number of nitrogens with zero attached hydrogens (tertiary/aromatic N) is 1. The van der Waals surface area contributed by atoms with Crippen molar-refractivity contribution in [2.24, 2.45) is 0 Å². The zero-order chi connectivity index (χ0) is 12.5. The molecule has 0 saturated heterocycles. The molecule has 2 heteroatoms. The number of Topliss-reactive ketones (excluding diaryl/α,β-unsaturated/α-hetero) is 1. The summed E-state index contributed by atoms with van der Waals surface area (Å²) in [5.74, 6) is 0.347.